The Bertz CT molecular complexity index is 580. The third-order valence-corrected chi connectivity index (χ3v) is 2.94. The molecule has 0 amide bonds. The first-order valence-electron chi connectivity index (χ1n) is 4.42. The van der Waals surface area contributed by atoms with Crippen molar-refractivity contribution in [1.82, 2.24) is 9.55 Å². The summed E-state index contributed by atoms with van der Waals surface area (Å²) in [6.07, 6.45) is 1.76. The van der Waals surface area contributed by atoms with E-state index in [0.29, 0.717) is 10.5 Å². The van der Waals surface area contributed by atoms with Crippen molar-refractivity contribution in [2.24, 2.45) is 0 Å². The van der Waals surface area contributed by atoms with Gasteiger partial charge in [-0.1, -0.05) is 23.2 Å². The maximum Gasteiger partial charge on any atom is 0.182 e. The van der Waals surface area contributed by atoms with Gasteiger partial charge in [0.15, 0.2) is 4.77 Å². The molecule has 1 aromatic heterocycles. The van der Waals surface area contributed by atoms with Crippen LogP contribution in [0.5, 0.6) is 0 Å². The molecule has 6 heteroatoms. The summed E-state index contributed by atoms with van der Waals surface area (Å²) in [5, 5.41) is 0.445. The van der Waals surface area contributed by atoms with E-state index in [0.717, 1.165) is 5.69 Å². The van der Waals surface area contributed by atoms with Crippen molar-refractivity contribution < 1.29 is 4.39 Å². The molecule has 0 unspecified atom stereocenters. The lowest BCUT2D eigenvalue weighted by molar-refractivity contribution is 0.627. The van der Waals surface area contributed by atoms with Crippen molar-refractivity contribution in [3.63, 3.8) is 0 Å². The van der Waals surface area contributed by atoms with Crippen molar-refractivity contribution in [3.8, 4) is 5.69 Å². The number of nitrogens with one attached hydrogen (secondary N) is 1. The molecule has 0 radical (unpaired) electrons. The number of halogens is 3. The van der Waals surface area contributed by atoms with Crippen LogP contribution >= 0.6 is 35.4 Å². The quantitative estimate of drug-likeness (QED) is 0.771. The highest BCUT2D eigenvalue weighted by Crippen LogP contribution is 2.30. The zero-order chi connectivity index (χ0) is 11.9. The normalized spacial score (nSPS) is 10.8. The molecule has 0 saturated carbocycles. The van der Waals surface area contributed by atoms with E-state index in [9.17, 15) is 4.39 Å². The van der Waals surface area contributed by atoms with Crippen LogP contribution in [0, 0.1) is 17.5 Å². The Labute approximate surface area is 107 Å². The van der Waals surface area contributed by atoms with E-state index in [2.05, 4.69) is 4.98 Å². The molecule has 84 valence electrons. The smallest absolute Gasteiger partial charge is 0.182 e. The van der Waals surface area contributed by atoms with Gasteiger partial charge < -0.3 is 4.98 Å². The number of hydrogen-bond acceptors (Lipinski definition) is 1. The molecule has 0 aliphatic carbocycles. The summed E-state index contributed by atoms with van der Waals surface area (Å²) in [4.78, 5) is 2.94. The first-order valence-corrected chi connectivity index (χ1v) is 5.58. The predicted molar refractivity (Wildman–Crippen MR) is 65.7 cm³/mol. The van der Waals surface area contributed by atoms with Crippen LogP contribution in [-0.2, 0) is 0 Å². The van der Waals surface area contributed by atoms with Crippen LogP contribution in [0.15, 0.2) is 18.3 Å². The van der Waals surface area contributed by atoms with Crippen LogP contribution in [0.1, 0.15) is 5.69 Å². The number of nitrogens with zero attached hydrogens (tertiary/aromatic N) is 1. The minimum absolute atomic E-state index is 0.222. The van der Waals surface area contributed by atoms with E-state index < -0.39 is 5.82 Å². The number of imidazole rings is 1. The second kappa shape index (κ2) is 4.20. The van der Waals surface area contributed by atoms with E-state index in [-0.39, 0.29) is 10.0 Å². The molecule has 0 fully saturated rings. The topological polar surface area (TPSA) is 20.7 Å². The summed E-state index contributed by atoms with van der Waals surface area (Å²) in [6.45, 7) is 1.86. The van der Waals surface area contributed by atoms with Gasteiger partial charge in [0.25, 0.3) is 0 Å². The van der Waals surface area contributed by atoms with Gasteiger partial charge in [-0.05, 0) is 31.3 Å². The average molecular weight is 277 g/mol. The second-order valence-electron chi connectivity index (χ2n) is 3.33. The summed E-state index contributed by atoms with van der Waals surface area (Å²) in [7, 11) is 0. The molecular weight excluding hydrogens is 270 g/mol. The molecule has 1 aromatic carbocycles. The summed E-state index contributed by atoms with van der Waals surface area (Å²) in [6, 6.07) is 2.40. The van der Waals surface area contributed by atoms with Crippen molar-refractivity contribution >= 4 is 35.4 Å². The molecule has 0 atom stereocenters. The zero-order valence-corrected chi connectivity index (χ0v) is 10.5. The molecule has 0 spiro atoms. The molecule has 0 bridgehead atoms. The number of rotatable bonds is 1. The summed E-state index contributed by atoms with van der Waals surface area (Å²) in [5.41, 5.74) is 1.36. The number of aryl methyl sites for hydroxylation is 1. The minimum atomic E-state index is -0.475. The standard InChI is InChI=1S/C10H7Cl2FN2S/c1-5-4-15(10(16)14-5)9-7(11)2-6(13)3-8(9)12/h2-4H,1H3,(H,14,16). The Hall–Kier alpha value is -0.840. The van der Waals surface area contributed by atoms with E-state index in [1.54, 1.807) is 10.8 Å². The monoisotopic (exact) mass is 276 g/mol. The largest absolute Gasteiger partial charge is 0.335 e. The van der Waals surface area contributed by atoms with Gasteiger partial charge in [-0.3, -0.25) is 4.57 Å². The van der Waals surface area contributed by atoms with Crippen molar-refractivity contribution in [1.29, 1.82) is 0 Å². The third-order valence-electron chi connectivity index (χ3n) is 2.07. The Morgan fingerprint density at radius 2 is 1.88 bits per heavy atom. The number of aromatic amines is 1. The Kier molecular flexibility index (Phi) is 3.06. The fraction of sp³-hybridized carbons (Fsp3) is 0.100. The molecule has 1 N–H and O–H groups in total. The third kappa shape index (κ3) is 2.00. The minimum Gasteiger partial charge on any atom is -0.335 e. The van der Waals surface area contributed by atoms with Crippen LogP contribution < -0.4 is 0 Å². The highest BCUT2D eigenvalue weighted by atomic mass is 35.5. The summed E-state index contributed by atoms with van der Waals surface area (Å²) >= 11 is 17.0. The van der Waals surface area contributed by atoms with Gasteiger partial charge >= 0.3 is 0 Å². The maximum absolute atomic E-state index is 13.0. The molecule has 16 heavy (non-hydrogen) atoms. The van der Waals surface area contributed by atoms with Gasteiger partial charge in [0.05, 0.1) is 15.7 Å². The zero-order valence-electron chi connectivity index (χ0n) is 8.22. The molecular formula is C10H7Cl2FN2S. The maximum atomic E-state index is 13.0. The predicted octanol–water partition coefficient (Wildman–Crippen LogP) is 4.29. The van der Waals surface area contributed by atoms with Crippen LogP contribution in [0.4, 0.5) is 4.39 Å². The lowest BCUT2D eigenvalue weighted by atomic mass is 10.3. The van der Waals surface area contributed by atoms with E-state index in [1.165, 1.54) is 12.1 Å². The number of hydrogen-bond donors (Lipinski definition) is 1. The molecule has 2 rings (SSSR count). The average Bonchev–Trinajstić information content (AvgIpc) is 2.43. The summed E-state index contributed by atoms with van der Waals surface area (Å²) < 4.78 is 15.1. The van der Waals surface area contributed by atoms with Crippen LogP contribution in [0.25, 0.3) is 5.69 Å². The van der Waals surface area contributed by atoms with Gasteiger partial charge in [-0.25, -0.2) is 4.39 Å². The number of benzene rings is 1. The molecule has 0 aliphatic heterocycles. The first-order chi connectivity index (χ1) is 7.49. The van der Waals surface area contributed by atoms with Gasteiger partial charge in [-0.15, -0.1) is 0 Å². The Morgan fingerprint density at radius 3 is 2.31 bits per heavy atom. The molecule has 2 nitrogen and oxygen atoms in total. The lowest BCUT2D eigenvalue weighted by Gasteiger charge is -2.07. The lowest BCUT2D eigenvalue weighted by Crippen LogP contribution is -1.95. The molecule has 1 heterocycles. The van der Waals surface area contributed by atoms with E-state index in [4.69, 9.17) is 35.4 Å². The highest BCUT2D eigenvalue weighted by Gasteiger charge is 2.11. The SMILES string of the molecule is Cc1cn(-c2c(Cl)cc(F)cc2Cl)c(=S)[nH]1. The van der Waals surface area contributed by atoms with Gasteiger partial charge in [-0.2, -0.15) is 0 Å². The fourth-order valence-corrected chi connectivity index (χ4v) is 2.39. The van der Waals surface area contributed by atoms with Crippen molar-refractivity contribution in [3.05, 3.63) is 44.7 Å². The van der Waals surface area contributed by atoms with Crippen LogP contribution in [-0.4, -0.2) is 9.55 Å². The van der Waals surface area contributed by atoms with Gasteiger partial charge in [0.1, 0.15) is 5.82 Å². The van der Waals surface area contributed by atoms with Crippen molar-refractivity contribution in [2.75, 3.05) is 0 Å². The van der Waals surface area contributed by atoms with Crippen molar-refractivity contribution in [2.45, 2.75) is 6.92 Å². The van der Waals surface area contributed by atoms with E-state index >= 15 is 0 Å². The van der Waals surface area contributed by atoms with Gasteiger partial charge in [0.2, 0.25) is 0 Å². The molecule has 2 aromatic rings. The second-order valence-corrected chi connectivity index (χ2v) is 4.53. The van der Waals surface area contributed by atoms with Crippen LogP contribution in [0.2, 0.25) is 10.0 Å². The van der Waals surface area contributed by atoms with E-state index in [1.807, 2.05) is 6.92 Å². The first kappa shape index (κ1) is 11.6. The number of aromatic nitrogens is 2. The summed E-state index contributed by atoms with van der Waals surface area (Å²) in [5.74, 6) is -0.475. The highest BCUT2D eigenvalue weighted by molar-refractivity contribution is 7.71. The molecule has 0 saturated heterocycles. The Balaban J connectivity index is 2.74. The van der Waals surface area contributed by atoms with Gasteiger partial charge in [0, 0.05) is 11.9 Å². The Morgan fingerprint density at radius 1 is 1.31 bits per heavy atom. The van der Waals surface area contributed by atoms with Crippen LogP contribution in [0.3, 0.4) is 0 Å². The number of H-pyrrole nitrogens is 1. The fourth-order valence-electron chi connectivity index (χ4n) is 1.44. The molecule has 0 aliphatic rings.